The number of halogens is 1. The van der Waals surface area contributed by atoms with Crippen molar-refractivity contribution in [3.05, 3.63) is 53.6 Å². The van der Waals surface area contributed by atoms with E-state index in [1.807, 2.05) is 12.1 Å². The van der Waals surface area contributed by atoms with Gasteiger partial charge in [-0.05, 0) is 55.3 Å². The van der Waals surface area contributed by atoms with Crippen molar-refractivity contribution >= 4 is 29.0 Å². The standard InChI is InChI=1S/C18H19ClN2O3/c19-13-3-1-4-15(11-13)21-18(22)20-14-6-8-16(9-7-14)24-12-17-5-2-10-23-17/h1,3-4,6-9,11,17H,2,5,10,12H2,(H2,20,21,22). The first-order valence-corrected chi connectivity index (χ1v) is 8.25. The maximum atomic E-state index is 12.0. The molecule has 126 valence electrons. The molecule has 1 heterocycles. The molecule has 0 bridgehead atoms. The van der Waals surface area contributed by atoms with Crippen LogP contribution in [-0.2, 0) is 4.74 Å². The number of hydrogen-bond acceptors (Lipinski definition) is 3. The molecular formula is C18H19ClN2O3. The highest BCUT2D eigenvalue weighted by molar-refractivity contribution is 6.30. The zero-order valence-electron chi connectivity index (χ0n) is 13.1. The Labute approximate surface area is 145 Å². The fraction of sp³-hybridized carbons (Fsp3) is 0.278. The molecule has 3 rings (SSSR count). The van der Waals surface area contributed by atoms with Gasteiger partial charge in [-0.15, -0.1) is 0 Å². The van der Waals surface area contributed by atoms with Gasteiger partial charge in [0.15, 0.2) is 0 Å². The van der Waals surface area contributed by atoms with Crippen molar-refractivity contribution in [2.24, 2.45) is 0 Å². The number of ether oxygens (including phenoxy) is 2. The van der Waals surface area contributed by atoms with E-state index >= 15 is 0 Å². The van der Waals surface area contributed by atoms with Gasteiger partial charge in [0.05, 0.1) is 6.10 Å². The lowest BCUT2D eigenvalue weighted by molar-refractivity contribution is 0.0679. The summed E-state index contributed by atoms with van der Waals surface area (Å²) in [6.45, 7) is 1.38. The second kappa shape index (κ2) is 8.04. The van der Waals surface area contributed by atoms with Gasteiger partial charge in [-0.2, -0.15) is 0 Å². The van der Waals surface area contributed by atoms with Crippen molar-refractivity contribution in [2.75, 3.05) is 23.8 Å². The first-order valence-electron chi connectivity index (χ1n) is 7.87. The maximum absolute atomic E-state index is 12.0. The zero-order chi connectivity index (χ0) is 16.8. The number of amides is 2. The number of hydrogen-bond donors (Lipinski definition) is 2. The Kier molecular flexibility index (Phi) is 5.56. The Morgan fingerprint density at radius 2 is 1.96 bits per heavy atom. The molecule has 2 aromatic carbocycles. The van der Waals surface area contributed by atoms with Crippen LogP contribution in [0.15, 0.2) is 48.5 Å². The van der Waals surface area contributed by atoms with Crippen molar-refractivity contribution in [3.63, 3.8) is 0 Å². The van der Waals surface area contributed by atoms with E-state index in [1.54, 1.807) is 36.4 Å². The lowest BCUT2D eigenvalue weighted by atomic mass is 10.2. The van der Waals surface area contributed by atoms with E-state index in [0.717, 1.165) is 25.2 Å². The SMILES string of the molecule is O=C(Nc1ccc(OCC2CCCO2)cc1)Nc1cccc(Cl)c1. The smallest absolute Gasteiger partial charge is 0.323 e. The maximum Gasteiger partial charge on any atom is 0.323 e. The molecule has 2 aromatic rings. The second-order valence-electron chi connectivity index (χ2n) is 5.56. The predicted molar refractivity (Wildman–Crippen MR) is 95.0 cm³/mol. The fourth-order valence-corrected chi connectivity index (χ4v) is 2.65. The van der Waals surface area contributed by atoms with Gasteiger partial charge < -0.3 is 20.1 Å². The summed E-state index contributed by atoms with van der Waals surface area (Å²) < 4.78 is 11.2. The summed E-state index contributed by atoms with van der Waals surface area (Å²) >= 11 is 5.89. The van der Waals surface area contributed by atoms with Gasteiger partial charge in [-0.1, -0.05) is 17.7 Å². The van der Waals surface area contributed by atoms with E-state index < -0.39 is 0 Å². The highest BCUT2D eigenvalue weighted by atomic mass is 35.5. The number of urea groups is 1. The molecule has 0 aromatic heterocycles. The average molecular weight is 347 g/mol. The third kappa shape index (κ3) is 4.88. The second-order valence-corrected chi connectivity index (χ2v) is 6.00. The minimum Gasteiger partial charge on any atom is -0.491 e. The molecule has 5 nitrogen and oxygen atoms in total. The van der Waals surface area contributed by atoms with E-state index in [-0.39, 0.29) is 12.1 Å². The van der Waals surface area contributed by atoms with Crippen molar-refractivity contribution in [2.45, 2.75) is 18.9 Å². The number of carbonyl (C=O) groups is 1. The largest absolute Gasteiger partial charge is 0.491 e. The quantitative estimate of drug-likeness (QED) is 0.835. The average Bonchev–Trinajstić information content (AvgIpc) is 3.07. The summed E-state index contributed by atoms with van der Waals surface area (Å²) in [7, 11) is 0. The molecule has 1 atom stereocenters. The van der Waals surface area contributed by atoms with Crippen LogP contribution in [0.3, 0.4) is 0 Å². The topological polar surface area (TPSA) is 59.6 Å². The van der Waals surface area contributed by atoms with Gasteiger partial charge in [0.1, 0.15) is 12.4 Å². The Balaban J connectivity index is 1.49. The van der Waals surface area contributed by atoms with Crippen molar-refractivity contribution in [1.29, 1.82) is 0 Å². The molecule has 1 aliphatic heterocycles. The molecule has 0 spiro atoms. The van der Waals surface area contributed by atoms with E-state index in [1.165, 1.54) is 0 Å². The normalized spacial score (nSPS) is 16.6. The first-order chi connectivity index (χ1) is 11.7. The van der Waals surface area contributed by atoms with Crippen LogP contribution in [0.5, 0.6) is 5.75 Å². The molecule has 2 amide bonds. The molecule has 0 aliphatic carbocycles. The molecule has 1 unspecified atom stereocenters. The first kappa shape index (κ1) is 16.6. The Bertz CT molecular complexity index is 685. The van der Waals surface area contributed by atoms with Crippen LogP contribution in [0.4, 0.5) is 16.2 Å². The van der Waals surface area contributed by atoms with Gasteiger partial charge in [-0.3, -0.25) is 0 Å². The lowest BCUT2D eigenvalue weighted by Crippen LogP contribution is -2.19. The van der Waals surface area contributed by atoms with Crippen LogP contribution >= 0.6 is 11.6 Å². The fourth-order valence-electron chi connectivity index (χ4n) is 2.46. The molecule has 6 heteroatoms. The van der Waals surface area contributed by atoms with Crippen LogP contribution in [0.25, 0.3) is 0 Å². The van der Waals surface area contributed by atoms with E-state index in [4.69, 9.17) is 21.1 Å². The predicted octanol–water partition coefficient (Wildman–Crippen LogP) is 4.54. The van der Waals surface area contributed by atoms with E-state index in [2.05, 4.69) is 10.6 Å². The molecule has 24 heavy (non-hydrogen) atoms. The lowest BCUT2D eigenvalue weighted by Gasteiger charge is -2.12. The van der Waals surface area contributed by atoms with Crippen LogP contribution in [0.2, 0.25) is 5.02 Å². The van der Waals surface area contributed by atoms with Crippen LogP contribution in [0, 0.1) is 0 Å². The molecule has 1 fully saturated rings. The summed E-state index contributed by atoms with van der Waals surface area (Å²) in [4.78, 5) is 12.0. The van der Waals surface area contributed by atoms with Gasteiger partial charge in [0.25, 0.3) is 0 Å². The summed E-state index contributed by atoms with van der Waals surface area (Å²) in [5.41, 5.74) is 1.32. The summed E-state index contributed by atoms with van der Waals surface area (Å²) in [5, 5.41) is 6.06. The monoisotopic (exact) mass is 346 g/mol. The molecular weight excluding hydrogens is 328 g/mol. The molecule has 0 saturated carbocycles. The van der Waals surface area contributed by atoms with Crippen molar-refractivity contribution < 1.29 is 14.3 Å². The van der Waals surface area contributed by atoms with Gasteiger partial charge in [-0.25, -0.2) is 4.79 Å². The number of carbonyl (C=O) groups excluding carboxylic acids is 1. The number of rotatable bonds is 5. The van der Waals surface area contributed by atoms with Crippen LogP contribution in [-0.4, -0.2) is 25.3 Å². The molecule has 0 radical (unpaired) electrons. The molecule has 2 N–H and O–H groups in total. The Morgan fingerprint density at radius 1 is 1.17 bits per heavy atom. The van der Waals surface area contributed by atoms with E-state index in [9.17, 15) is 4.79 Å². The molecule has 1 saturated heterocycles. The zero-order valence-corrected chi connectivity index (χ0v) is 13.9. The number of nitrogens with one attached hydrogen (secondary N) is 2. The number of benzene rings is 2. The van der Waals surface area contributed by atoms with Gasteiger partial charge in [0.2, 0.25) is 0 Å². The minimum absolute atomic E-state index is 0.186. The third-order valence-electron chi connectivity index (χ3n) is 3.65. The van der Waals surface area contributed by atoms with Crippen LogP contribution < -0.4 is 15.4 Å². The Hall–Kier alpha value is -2.24. The minimum atomic E-state index is -0.328. The highest BCUT2D eigenvalue weighted by Crippen LogP contribution is 2.19. The van der Waals surface area contributed by atoms with Gasteiger partial charge >= 0.3 is 6.03 Å². The van der Waals surface area contributed by atoms with Crippen molar-refractivity contribution in [3.8, 4) is 5.75 Å². The summed E-state index contributed by atoms with van der Waals surface area (Å²) in [6, 6.07) is 13.9. The highest BCUT2D eigenvalue weighted by Gasteiger charge is 2.15. The van der Waals surface area contributed by atoms with Crippen molar-refractivity contribution in [1.82, 2.24) is 0 Å². The summed E-state index contributed by atoms with van der Waals surface area (Å²) in [6.07, 6.45) is 2.33. The third-order valence-corrected chi connectivity index (χ3v) is 3.89. The number of anilines is 2. The van der Waals surface area contributed by atoms with Crippen LogP contribution in [0.1, 0.15) is 12.8 Å². The van der Waals surface area contributed by atoms with Gasteiger partial charge in [0, 0.05) is 23.0 Å². The Morgan fingerprint density at radius 3 is 2.67 bits per heavy atom. The molecule has 1 aliphatic rings. The summed E-state index contributed by atoms with van der Waals surface area (Å²) in [5.74, 6) is 0.756. The van der Waals surface area contributed by atoms with E-state index in [0.29, 0.717) is 23.0 Å².